The summed E-state index contributed by atoms with van der Waals surface area (Å²) in [5.74, 6) is 0.152. The zero-order valence-electron chi connectivity index (χ0n) is 16.9. The van der Waals surface area contributed by atoms with E-state index in [0.29, 0.717) is 0 Å². The van der Waals surface area contributed by atoms with Gasteiger partial charge in [0, 0.05) is 16.9 Å². The number of carbonyl (C=O) groups is 2. The van der Waals surface area contributed by atoms with Crippen molar-refractivity contribution in [2.24, 2.45) is 0 Å². The lowest BCUT2D eigenvalue weighted by atomic mass is 10.0. The van der Waals surface area contributed by atoms with E-state index in [0.717, 1.165) is 33.3 Å². The van der Waals surface area contributed by atoms with Crippen LogP contribution in [-0.4, -0.2) is 23.3 Å². The van der Waals surface area contributed by atoms with Gasteiger partial charge in [-0.25, -0.2) is 0 Å². The zero-order chi connectivity index (χ0) is 21.5. The molecule has 0 radical (unpaired) electrons. The van der Waals surface area contributed by atoms with E-state index in [2.05, 4.69) is 10.6 Å². The van der Waals surface area contributed by atoms with Crippen molar-refractivity contribution in [3.63, 3.8) is 0 Å². The maximum absolute atomic E-state index is 12.4. The summed E-state index contributed by atoms with van der Waals surface area (Å²) in [7, 11) is 0. The van der Waals surface area contributed by atoms with Crippen LogP contribution in [0, 0.1) is 0 Å². The molecule has 0 heterocycles. The standard InChI is InChI=1S/C26H22N2O2S/c29-25(27-22-15-14-19-8-4-5-11-21(19)16-22)17-31-18-26(30)28-24-13-7-6-12-23(24)20-9-2-1-3-10-20/h1-16H,17-18H2,(H,27,29)(H,28,30). The Morgan fingerprint density at radius 3 is 2.10 bits per heavy atom. The summed E-state index contributed by atoms with van der Waals surface area (Å²) in [5, 5.41) is 8.06. The van der Waals surface area contributed by atoms with E-state index in [1.54, 1.807) is 0 Å². The largest absolute Gasteiger partial charge is 0.325 e. The second kappa shape index (κ2) is 9.96. The molecule has 0 aliphatic rings. The number of carbonyl (C=O) groups excluding carboxylic acids is 2. The lowest BCUT2D eigenvalue weighted by molar-refractivity contribution is -0.114. The van der Waals surface area contributed by atoms with Gasteiger partial charge in [0.05, 0.1) is 11.5 Å². The van der Waals surface area contributed by atoms with Crippen molar-refractivity contribution in [2.45, 2.75) is 0 Å². The molecule has 0 spiro atoms. The fourth-order valence-electron chi connectivity index (χ4n) is 3.35. The minimum atomic E-state index is -0.133. The Bertz CT molecular complexity index is 1210. The molecule has 31 heavy (non-hydrogen) atoms. The second-order valence-electron chi connectivity index (χ2n) is 7.06. The molecule has 154 valence electrons. The number of para-hydroxylation sites is 1. The zero-order valence-corrected chi connectivity index (χ0v) is 17.7. The summed E-state index contributed by atoms with van der Waals surface area (Å²) in [6.07, 6.45) is 0. The van der Waals surface area contributed by atoms with Gasteiger partial charge in [0.15, 0.2) is 0 Å². The molecule has 0 aromatic heterocycles. The van der Waals surface area contributed by atoms with Crippen LogP contribution < -0.4 is 10.6 Å². The number of nitrogens with one attached hydrogen (secondary N) is 2. The molecule has 4 aromatic rings. The highest BCUT2D eigenvalue weighted by Gasteiger charge is 2.10. The Morgan fingerprint density at radius 2 is 1.29 bits per heavy atom. The minimum Gasteiger partial charge on any atom is -0.325 e. The number of amides is 2. The van der Waals surface area contributed by atoms with Gasteiger partial charge in [0.1, 0.15) is 0 Å². The van der Waals surface area contributed by atoms with Gasteiger partial charge in [-0.1, -0.05) is 78.9 Å². The number of hydrogen-bond donors (Lipinski definition) is 2. The molecule has 0 unspecified atom stereocenters. The summed E-state index contributed by atoms with van der Waals surface area (Å²) in [6, 6.07) is 31.5. The average molecular weight is 427 g/mol. The number of anilines is 2. The summed E-state index contributed by atoms with van der Waals surface area (Å²) in [5.41, 5.74) is 3.53. The van der Waals surface area contributed by atoms with Crippen molar-refractivity contribution in [3.8, 4) is 11.1 Å². The van der Waals surface area contributed by atoms with Crippen molar-refractivity contribution >= 4 is 45.7 Å². The molecule has 0 saturated heterocycles. The van der Waals surface area contributed by atoms with E-state index >= 15 is 0 Å². The van der Waals surface area contributed by atoms with Gasteiger partial charge in [0.2, 0.25) is 11.8 Å². The smallest absolute Gasteiger partial charge is 0.234 e. The van der Waals surface area contributed by atoms with Crippen molar-refractivity contribution in [1.29, 1.82) is 0 Å². The maximum atomic E-state index is 12.4. The van der Waals surface area contributed by atoms with Crippen LogP contribution in [-0.2, 0) is 9.59 Å². The molecule has 4 nitrogen and oxygen atoms in total. The predicted molar refractivity (Wildman–Crippen MR) is 130 cm³/mol. The second-order valence-corrected chi connectivity index (χ2v) is 8.05. The first kappa shape index (κ1) is 20.7. The SMILES string of the molecule is O=C(CSCC(=O)Nc1ccccc1-c1ccccc1)Nc1ccc2ccccc2c1. The monoisotopic (exact) mass is 426 g/mol. The molecule has 2 amide bonds. The van der Waals surface area contributed by atoms with E-state index in [9.17, 15) is 9.59 Å². The normalized spacial score (nSPS) is 10.6. The summed E-state index contributed by atoms with van der Waals surface area (Å²) in [6.45, 7) is 0. The van der Waals surface area contributed by atoms with E-state index < -0.39 is 0 Å². The Morgan fingerprint density at radius 1 is 0.645 bits per heavy atom. The lowest BCUT2D eigenvalue weighted by Crippen LogP contribution is -2.18. The molecular formula is C26H22N2O2S. The van der Waals surface area contributed by atoms with Gasteiger partial charge in [-0.15, -0.1) is 11.8 Å². The van der Waals surface area contributed by atoms with Gasteiger partial charge < -0.3 is 10.6 Å². The highest BCUT2D eigenvalue weighted by Crippen LogP contribution is 2.27. The number of hydrogen-bond acceptors (Lipinski definition) is 3. The molecule has 0 saturated carbocycles. The molecule has 4 aromatic carbocycles. The molecule has 0 atom stereocenters. The number of rotatable bonds is 7. The first-order chi connectivity index (χ1) is 15.2. The molecule has 4 rings (SSSR count). The van der Waals surface area contributed by atoms with Crippen LogP contribution in [0.4, 0.5) is 11.4 Å². The van der Waals surface area contributed by atoms with Gasteiger partial charge in [-0.3, -0.25) is 9.59 Å². The molecule has 0 fully saturated rings. The molecular weight excluding hydrogens is 404 g/mol. The minimum absolute atomic E-state index is 0.127. The van der Waals surface area contributed by atoms with Crippen molar-refractivity contribution < 1.29 is 9.59 Å². The molecule has 0 bridgehead atoms. The van der Waals surface area contributed by atoms with Crippen LogP contribution in [0.2, 0.25) is 0 Å². The first-order valence-corrected chi connectivity index (χ1v) is 11.2. The summed E-state index contributed by atoms with van der Waals surface area (Å²) < 4.78 is 0. The molecule has 5 heteroatoms. The predicted octanol–water partition coefficient (Wildman–Crippen LogP) is 5.82. The van der Waals surface area contributed by atoms with Gasteiger partial charge in [-0.2, -0.15) is 0 Å². The Kier molecular flexibility index (Phi) is 6.65. The van der Waals surface area contributed by atoms with Gasteiger partial charge >= 0.3 is 0 Å². The summed E-state index contributed by atoms with van der Waals surface area (Å²) in [4.78, 5) is 24.7. The van der Waals surface area contributed by atoms with Crippen molar-refractivity contribution in [3.05, 3.63) is 97.1 Å². The van der Waals surface area contributed by atoms with E-state index in [1.807, 2.05) is 97.1 Å². The average Bonchev–Trinajstić information content (AvgIpc) is 2.80. The van der Waals surface area contributed by atoms with Gasteiger partial charge in [-0.05, 0) is 34.5 Å². The number of thioether (sulfide) groups is 1. The van der Waals surface area contributed by atoms with Gasteiger partial charge in [0.25, 0.3) is 0 Å². The van der Waals surface area contributed by atoms with Crippen LogP contribution in [0.15, 0.2) is 97.1 Å². The molecule has 0 aliphatic carbocycles. The van der Waals surface area contributed by atoms with E-state index in [1.165, 1.54) is 11.8 Å². The first-order valence-electron chi connectivity index (χ1n) is 10.00. The van der Waals surface area contributed by atoms with Crippen molar-refractivity contribution in [2.75, 3.05) is 22.1 Å². The molecule has 2 N–H and O–H groups in total. The van der Waals surface area contributed by atoms with Crippen molar-refractivity contribution in [1.82, 2.24) is 0 Å². The quantitative estimate of drug-likeness (QED) is 0.392. The highest BCUT2D eigenvalue weighted by molar-refractivity contribution is 8.00. The number of benzene rings is 4. The fourth-order valence-corrected chi connectivity index (χ4v) is 3.97. The van der Waals surface area contributed by atoms with Crippen LogP contribution in [0.5, 0.6) is 0 Å². The third-order valence-corrected chi connectivity index (χ3v) is 5.72. The highest BCUT2D eigenvalue weighted by atomic mass is 32.2. The maximum Gasteiger partial charge on any atom is 0.234 e. The van der Waals surface area contributed by atoms with Crippen LogP contribution >= 0.6 is 11.8 Å². The topological polar surface area (TPSA) is 58.2 Å². The van der Waals surface area contributed by atoms with E-state index in [4.69, 9.17) is 0 Å². The Balaban J connectivity index is 1.29. The van der Waals surface area contributed by atoms with Crippen LogP contribution in [0.1, 0.15) is 0 Å². The summed E-state index contributed by atoms with van der Waals surface area (Å²) >= 11 is 1.29. The number of fused-ring (bicyclic) bond motifs is 1. The van der Waals surface area contributed by atoms with Crippen LogP contribution in [0.25, 0.3) is 21.9 Å². The Labute approximate surface area is 185 Å². The van der Waals surface area contributed by atoms with E-state index in [-0.39, 0.29) is 23.3 Å². The fraction of sp³-hybridized carbons (Fsp3) is 0.0769. The third-order valence-electron chi connectivity index (χ3n) is 4.79. The third kappa shape index (κ3) is 5.53. The Hall–Kier alpha value is -3.57. The lowest BCUT2D eigenvalue weighted by Gasteiger charge is -2.11. The molecule has 0 aliphatic heterocycles. The van der Waals surface area contributed by atoms with Crippen LogP contribution in [0.3, 0.4) is 0 Å².